The highest BCUT2D eigenvalue weighted by atomic mass is 35.5. The third-order valence-electron chi connectivity index (χ3n) is 4.34. The van der Waals surface area contributed by atoms with Gasteiger partial charge >= 0.3 is 0 Å². The highest BCUT2D eigenvalue weighted by molar-refractivity contribution is 6.42. The Bertz CT molecular complexity index is 1200. The summed E-state index contributed by atoms with van der Waals surface area (Å²) < 4.78 is 11.5. The molecule has 0 heterocycles. The minimum absolute atomic E-state index is 0.127. The molecule has 0 spiro atoms. The highest BCUT2D eigenvalue weighted by Gasteiger charge is 2.11. The van der Waals surface area contributed by atoms with Gasteiger partial charge in [0.05, 0.1) is 27.8 Å². The molecule has 3 aromatic rings. The fourth-order valence-corrected chi connectivity index (χ4v) is 3.09. The Morgan fingerprint density at radius 1 is 1.06 bits per heavy atom. The van der Waals surface area contributed by atoms with Gasteiger partial charge in [0.1, 0.15) is 6.61 Å². The number of hydrazone groups is 1. The molecule has 0 aliphatic heterocycles. The van der Waals surface area contributed by atoms with Crippen LogP contribution in [0.3, 0.4) is 0 Å². The second-order valence-electron chi connectivity index (χ2n) is 6.68. The van der Waals surface area contributed by atoms with Crippen LogP contribution in [0.1, 0.15) is 28.4 Å². The molecule has 0 aliphatic rings. The maximum Gasteiger partial charge on any atom is 0.271 e. The lowest BCUT2D eigenvalue weighted by molar-refractivity contribution is -0.384. The Morgan fingerprint density at radius 3 is 2.61 bits per heavy atom. The van der Waals surface area contributed by atoms with Gasteiger partial charge in [-0.2, -0.15) is 5.10 Å². The number of halogens is 2. The smallest absolute Gasteiger partial charge is 0.271 e. The van der Waals surface area contributed by atoms with E-state index in [4.69, 9.17) is 32.7 Å². The summed E-state index contributed by atoms with van der Waals surface area (Å²) in [5.74, 6) is 0.466. The van der Waals surface area contributed by atoms with Crippen molar-refractivity contribution in [3.05, 3.63) is 97.5 Å². The highest BCUT2D eigenvalue weighted by Crippen LogP contribution is 2.30. The molecule has 0 aliphatic carbocycles. The molecule has 1 N–H and O–H groups in total. The average molecular weight is 488 g/mol. The zero-order chi connectivity index (χ0) is 23.8. The Morgan fingerprint density at radius 2 is 1.88 bits per heavy atom. The summed E-state index contributed by atoms with van der Waals surface area (Å²) in [6, 6.07) is 15.8. The number of nitro groups is 1. The zero-order valence-corrected chi connectivity index (χ0v) is 19.0. The van der Waals surface area contributed by atoms with Crippen LogP contribution < -0.4 is 14.9 Å². The van der Waals surface area contributed by atoms with Crippen LogP contribution in [0.2, 0.25) is 10.0 Å². The summed E-state index contributed by atoms with van der Waals surface area (Å²) in [7, 11) is 0. The van der Waals surface area contributed by atoms with Crippen molar-refractivity contribution in [2.45, 2.75) is 13.5 Å². The Labute approximate surface area is 199 Å². The second-order valence-corrected chi connectivity index (χ2v) is 7.50. The number of carbonyl (C=O) groups is 1. The van der Waals surface area contributed by atoms with Gasteiger partial charge in [0.2, 0.25) is 0 Å². The lowest BCUT2D eigenvalue weighted by atomic mass is 10.2. The van der Waals surface area contributed by atoms with Crippen LogP contribution in [-0.4, -0.2) is 23.7 Å². The Balaban J connectivity index is 1.67. The van der Waals surface area contributed by atoms with Crippen molar-refractivity contribution in [2.24, 2.45) is 5.10 Å². The van der Waals surface area contributed by atoms with Crippen molar-refractivity contribution >= 4 is 41.0 Å². The van der Waals surface area contributed by atoms with E-state index in [-0.39, 0.29) is 17.9 Å². The predicted molar refractivity (Wildman–Crippen MR) is 127 cm³/mol. The maximum absolute atomic E-state index is 12.2. The predicted octanol–water partition coefficient (Wildman–Crippen LogP) is 5.64. The number of carbonyl (C=O) groups excluding carboxylic acids is 1. The standard InChI is InChI=1S/C23H19Cl2N3O5/c1-2-32-22-11-15(7-9-21(22)33-14-16-6-8-19(24)20(25)10-16)13-26-27-23(29)17-4-3-5-18(12-17)28(30)31/h3-13H,2,14H2,1H3,(H,27,29)/b26-13-. The van der Waals surface area contributed by atoms with E-state index in [1.165, 1.54) is 30.5 Å². The van der Waals surface area contributed by atoms with Crippen LogP contribution in [0.15, 0.2) is 65.8 Å². The molecule has 0 saturated heterocycles. The molecule has 170 valence electrons. The van der Waals surface area contributed by atoms with E-state index < -0.39 is 10.8 Å². The molecule has 0 atom stereocenters. The van der Waals surface area contributed by atoms with Gasteiger partial charge in [-0.25, -0.2) is 5.43 Å². The molecule has 0 bridgehead atoms. The van der Waals surface area contributed by atoms with Crippen LogP contribution in [0, 0.1) is 10.1 Å². The molecule has 10 heteroatoms. The first kappa shape index (κ1) is 24.0. The van der Waals surface area contributed by atoms with Crippen LogP contribution >= 0.6 is 23.2 Å². The SMILES string of the molecule is CCOc1cc(/C=N\NC(=O)c2cccc([N+](=O)[O-])c2)ccc1OCc1ccc(Cl)c(Cl)c1. The van der Waals surface area contributed by atoms with Crippen molar-refractivity contribution in [3.8, 4) is 11.5 Å². The maximum atomic E-state index is 12.2. The molecule has 8 nitrogen and oxygen atoms in total. The first-order valence-corrected chi connectivity index (χ1v) is 10.5. The largest absolute Gasteiger partial charge is 0.490 e. The monoisotopic (exact) mass is 487 g/mol. The molecule has 0 unspecified atom stereocenters. The molecule has 0 aromatic heterocycles. The molecule has 33 heavy (non-hydrogen) atoms. The average Bonchev–Trinajstić information content (AvgIpc) is 2.81. The quantitative estimate of drug-likeness (QED) is 0.239. The molecule has 0 fully saturated rings. The molecule has 3 aromatic carbocycles. The number of nitro benzene ring substituents is 1. The van der Waals surface area contributed by atoms with Gasteiger partial charge in [0, 0.05) is 17.7 Å². The zero-order valence-electron chi connectivity index (χ0n) is 17.5. The van der Waals surface area contributed by atoms with Gasteiger partial charge in [0.25, 0.3) is 11.6 Å². The van der Waals surface area contributed by atoms with Crippen LogP contribution in [0.25, 0.3) is 0 Å². The van der Waals surface area contributed by atoms with Gasteiger partial charge in [-0.1, -0.05) is 35.3 Å². The van der Waals surface area contributed by atoms with Crippen LogP contribution in [0.4, 0.5) is 5.69 Å². The van der Waals surface area contributed by atoms with Gasteiger partial charge in [-0.15, -0.1) is 0 Å². The van der Waals surface area contributed by atoms with Crippen molar-refractivity contribution < 1.29 is 19.2 Å². The summed E-state index contributed by atoms with van der Waals surface area (Å²) in [4.78, 5) is 22.5. The van der Waals surface area contributed by atoms with Crippen molar-refractivity contribution in [1.29, 1.82) is 0 Å². The summed E-state index contributed by atoms with van der Waals surface area (Å²) in [5, 5.41) is 15.7. The van der Waals surface area contributed by atoms with E-state index in [0.29, 0.717) is 33.7 Å². The van der Waals surface area contributed by atoms with E-state index in [1.54, 1.807) is 30.3 Å². The number of benzene rings is 3. The number of non-ortho nitro benzene ring substituents is 1. The number of nitrogens with one attached hydrogen (secondary N) is 1. The van der Waals surface area contributed by atoms with Crippen molar-refractivity contribution in [3.63, 3.8) is 0 Å². The van der Waals surface area contributed by atoms with Crippen LogP contribution in [-0.2, 0) is 6.61 Å². The first-order valence-electron chi connectivity index (χ1n) is 9.79. The summed E-state index contributed by atoms with van der Waals surface area (Å²) >= 11 is 12.0. The van der Waals surface area contributed by atoms with Gasteiger partial charge in [-0.3, -0.25) is 14.9 Å². The number of hydrogen-bond donors (Lipinski definition) is 1. The van der Waals surface area contributed by atoms with E-state index >= 15 is 0 Å². The normalized spacial score (nSPS) is 10.8. The van der Waals surface area contributed by atoms with E-state index in [0.717, 1.165) is 5.56 Å². The minimum Gasteiger partial charge on any atom is -0.490 e. The summed E-state index contributed by atoms with van der Waals surface area (Å²) in [6.07, 6.45) is 1.43. The molecule has 1 amide bonds. The lowest BCUT2D eigenvalue weighted by Crippen LogP contribution is -2.17. The minimum atomic E-state index is -0.569. The third kappa shape index (κ3) is 6.68. The van der Waals surface area contributed by atoms with E-state index in [2.05, 4.69) is 10.5 Å². The van der Waals surface area contributed by atoms with E-state index in [9.17, 15) is 14.9 Å². The fraction of sp³-hybridized carbons (Fsp3) is 0.130. The van der Waals surface area contributed by atoms with Gasteiger partial charge in [0.15, 0.2) is 11.5 Å². The number of hydrogen-bond acceptors (Lipinski definition) is 6. The van der Waals surface area contributed by atoms with E-state index in [1.807, 2.05) is 13.0 Å². The van der Waals surface area contributed by atoms with Crippen molar-refractivity contribution in [1.82, 2.24) is 5.43 Å². The van der Waals surface area contributed by atoms with Crippen LogP contribution in [0.5, 0.6) is 11.5 Å². The molecule has 0 saturated carbocycles. The Kier molecular flexibility index (Phi) is 8.23. The number of amides is 1. The number of ether oxygens (including phenoxy) is 2. The van der Waals surface area contributed by atoms with Crippen molar-refractivity contribution in [2.75, 3.05) is 6.61 Å². The second kappa shape index (κ2) is 11.3. The Hall–Kier alpha value is -3.62. The molecular formula is C23H19Cl2N3O5. The topological polar surface area (TPSA) is 103 Å². The lowest BCUT2D eigenvalue weighted by Gasteiger charge is -2.13. The van der Waals surface area contributed by atoms with Gasteiger partial charge < -0.3 is 9.47 Å². The summed E-state index contributed by atoms with van der Waals surface area (Å²) in [5.41, 5.74) is 3.80. The first-order chi connectivity index (χ1) is 15.9. The third-order valence-corrected chi connectivity index (χ3v) is 5.08. The van der Waals surface area contributed by atoms with Gasteiger partial charge in [-0.05, 0) is 54.4 Å². The fourth-order valence-electron chi connectivity index (χ4n) is 2.77. The molecule has 0 radical (unpaired) electrons. The summed E-state index contributed by atoms with van der Waals surface area (Å²) in [6.45, 7) is 2.54. The number of rotatable bonds is 9. The number of nitrogens with zero attached hydrogens (tertiary/aromatic N) is 2. The molecular weight excluding hydrogens is 469 g/mol. The molecule has 3 rings (SSSR count).